The van der Waals surface area contributed by atoms with Crippen molar-refractivity contribution in [2.24, 2.45) is 22.9 Å². The number of nitrogens with two attached hydrogens (primary N) is 4. The molecule has 0 amide bonds. The third-order valence-corrected chi connectivity index (χ3v) is 4.82. The molecule has 4 nitrogen and oxygen atoms in total. The van der Waals surface area contributed by atoms with E-state index in [9.17, 15) is 0 Å². The van der Waals surface area contributed by atoms with Crippen LogP contribution in [0.25, 0.3) is 0 Å². The molecule has 0 unspecified atom stereocenters. The molecule has 0 atom stereocenters. The van der Waals surface area contributed by atoms with E-state index in [1.54, 1.807) is 0 Å². The zero-order valence-corrected chi connectivity index (χ0v) is 17.9. The minimum Gasteiger partial charge on any atom is -0.330 e. The van der Waals surface area contributed by atoms with E-state index >= 15 is 0 Å². The highest BCUT2D eigenvalue weighted by molar-refractivity contribution is 4.49. The maximum Gasteiger partial charge on any atom is -0.00773 e. The van der Waals surface area contributed by atoms with Crippen molar-refractivity contribution in [2.45, 2.75) is 116 Å². The fourth-order valence-corrected chi connectivity index (χ4v) is 3.05. The van der Waals surface area contributed by atoms with Gasteiger partial charge in [0.2, 0.25) is 0 Å². The van der Waals surface area contributed by atoms with Gasteiger partial charge in [0, 0.05) is 0 Å². The molecule has 0 aromatic carbocycles. The Morgan fingerprint density at radius 2 is 0.308 bits per heavy atom. The van der Waals surface area contributed by atoms with Crippen molar-refractivity contribution in [3.8, 4) is 0 Å². The van der Waals surface area contributed by atoms with Crippen LogP contribution in [-0.2, 0) is 0 Å². The second kappa shape index (κ2) is 29.6. The fourth-order valence-electron chi connectivity index (χ4n) is 3.05. The van der Waals surface area contributed by atoms with Crippen molar-refractivity contribution in [1.82, 2.24) is 0 Å². The van der Waals surface area contributed by atoms with Crippen molar-refractivity contribution < 1.29 is 0 Å². The summed E-state index contributed by atoms with van der Waals surface area (Å²) in [6.45, 7) is 3.43. The molecule has 0 radical (unpaired) electrons. The number of rotatable bonds is 20. The molecule has 4 heteroatoms. The minimum absolute atomic E-state index is 0.858. The van der Waals surface area contributed by atoms with E-state index in [0.717, 1.165) is 26.2 Å². The molecule has 0 rings (SSSR count). The molecule has 8 N–H and O–H groups in total. The van der Waals surface area contributed by atoms with E-state index in [-0.39, 0.29) is 0 Å². The van der Waals surface area contributed by atoms with Crippen LogP contribution in [-0.4, -0.2) is 26.2 Å². The highest BCUT2D eigenvalue weighted by atomic mass is 14.5. The fraction of sp³-hybridized carbons (Fsp3) is 1.00. The standard InChI is InChI=1S/2C11H26N2/c2*12-10-8-6-4-2-1-3-5-7-9-11-13/h2*1-13H2. The first-order chi connectivity index (χ1) is 12.8. The smallest absolute Gasteiger partial charge is 0.00773 e. The molecule has 26 heavy (non-hydrogen) atoms. The summed E-state index contributed by atoms with van der Waals surface area (Å²) in [6.07, 6.45) is 23.9. The van der Waals surface area contributed by atoms with Gasteiger partial charge in [-0.25, -0.2) is 0 Å². The van der Waals surface area contributed by atoms with Gasteiger partial charge in [-0.3, -0.25) is 0 Å². The Bertz CT molecular complexity index is 170. The van der Waals surface area contributed by atoms with Crippen LogP contribution in [0.3, 0.4) is 0 Å². The molecule has 0 spiro atoms. The molecular formula is C22H52N4. The van der Waals surface area contributed by atoms with Crippen molar-refractivity contribution in [1.29, 1.82) is 0 Å². The normalized spacial score (nSPS) is 10.6. The van der Waals surface area contributed by atoms with E-state index in [2.05, 4.69) is 0 Å². The van der Waals surface area contributed by atoms with E-state index in [1.807, 2.05) is 0 Å². The summed E-state index contributed by atoms with van der Waals surface area (Å²) < 4.78 is 0. The number of hydrogen-bond donors (Lipinski definition) is 4. The predicted molar refractivity (Wildman–Crippen MR) is 119 cm³/mol. The summed E-state index contributed by atoms with van der Waals surface area (Å²) >= 11 is 0. The van der Waals surface area contributed by atoms with Crippen molar-refractivity contribution in [3.05, 3.63) is 0 Å². The van der Waals surface area contributed by atoms with Gasteiger partial charge in [0.15, 0.2) is 0 Å². The van der Waals surface area contributed by atoms with Gasteiger partial charge in [-0.2, -0.15) is 0 Å². The molecule has 0 bridgehead atoms. The maximum absolute atomic E-state index is 5.41. The van der Waals surface area contributed by atoms with E-state index in [0.29, 0.717) is 0 Å². The zero-order valence-electron chi connectivity index (χ0n) is 17.9. The first kappa shape index (κ1) is 28.1. The van der Waals surface area contributed by atoms with Crippen LogP contribution in [0, 0.1) is 0 Å². The summed E-state index contributed by atoms with van der Waals surface area (Å²) in [5, 5.41) is 0. The second-order valence-corrected chi connectivity index (χ2v) is 7.52. The third kappa shape index (κ3) is 31.6. The van der Waals surface area contributed by atoms with Crippen LogP contribution in [0.1, 0.15) is 116 Å². The van der Waals surface area contributed by atoms with E-state index in [4.69, 9.17) is 22.9 Å². The summed E-state index contributed by atoms with van der Waals surface area (Å²) in [5.74, 6) is 0. The lowest BCUT2D eigenvalue weighted by Gasteiger charge is -2.00. The largest absolute Gasteiger partial charge is 0.330 e. The highest BCUT2D eigenvalue weighted by Crippen LogP contribution is 2.09. The van der Waals surface area contributed by atoms with Gasteiger partial charge in [-0.15, -0.1) is 0 Å². The van der Waals surface area contributed by atoms with Crippen LogP contribution in [0.5, 0.6) is 0 Å². The Balaban J connectivity index is 0. The predicted octanol–water partition coefficient (Wildman–Crippen LogP) is 4.83. The van der Waals surface area contributed by atoms with Gasteiger partial charge < -0.3 is 22.9 Å². The van der Waals surface area contributed by atoms with Gasteiger partial charge in [-0.1, -0.05) is 89.9 Å². The lowest BCUT2D eigenvalue weighted by atomic mass is 10.1. The van der Waals surface area contributed by atoms with Gasteiger partial charge in [-0.05, 0) is 51.9 Å². The lowest BCUT2D eigenvalue weighted by Crippen LogP contribution is -1.98. The Morgan fingerprint density at radius 3 is 0.423 bits per heavy atom. The average Bonchev–Trinajstić information content (AvgIpc) is 2.66. The Labute approximate surface area is 165 Å². The molecule has 0 aliphatic carbocycles. The van der Waals surface area contributed by atoms with Crippen LogP contribution >= 0.6 is 0 Å². The first-order valence-electron chi connectivity index (χ1n) is 11.6. The summed E-state index contributed by atoms with van der Waals surface area (Å²) in [7, 11) is 0. The molecule has 0 aromatic rings. The maximum atomic E-state index is 5.41. The van der Waals surface area contributed by atoms with Gasteiger partial charge in [0.05, 0.1) is 0 Å². The number of unbranched alkanes of at least 4 members (excludes halogenated alkanes) is 16. The SMILES string of the molecule is NCCCCCCCCCCCN.NCCCCCCCCCCCN. The van der Waals surface area contributed by atoms with Gasteiger partial charge >= 0.3 is 0 Å². The molecule has 0 saturated carbocycles. The third-order valence-electron chi connectivity index (χ3n) is 4.82. The lowest BCUT2D eigenvalue weighted by molar-refractivity contribution is 0.562. The Hall–Kier alpha value is -0.160. The molecule has 0 aliphatic rings. The van der Waals surface area contributed by atoms with Crippen molar-refractivity contribution in [2.75, 3.05) is 26.2 Å². The number of hydrogen-bond acceptors (Lipinski definition) is 4. The molecule has 0 fully saturated rings. The van der Waals surface area contributed by atoms with Crippen molar-refractivity contribution >= 4 is 0 Å². The monoisotopic (exact) mass is 372 g/mol. The zero-order chi connectivity index (χ0) is 19.6. The molecule has 160 valence electrons. The molecular weight excluding hydrogens is 320 g/mol. The van der Waals surface area contributed by atoms with Crippen LogP contribution in [0.4, 0.5) is 0 Å². The molecule has 0 aliphatic heterocycles. The summed E-state index contributed by atoms with van der Waals surface area (Å²) in [4.78, 5) is 0. The van der Waals surface area contributed by atoms with Crippen LogP contribution < -0.4 is 22.9 Å². The average molecular weight is 373 g/mol. The summed E-state index contributed by atoms with van der Waals surface area (Å²) in [6, 6.07) is 0. The van der Waals surface area contributed by atoms with Crippen molar-refractivity contribution in [3.63, 3.8) is 0 Å². The quantitative estimate of drug-likeness (QED) is 0.230. The van der Waals surface area contributed by atoms with E-state index < -0.39 is 0 Å². The van der Waals surface area contributed by atoms with Crippen LogP contribution in [0.2, 0.25) is 0 Å². The van der Waals surface area contributed by atoms with Gasteiger partial charge in [0.25, 0.3) is 0 Å². The molecule has 0 saturated heterocycles. The highest BCUT2D eigenvalue weighted by Gasteiger charge is 1.92. The minimum atomic E-state index is 0.858. The molecule has 0 aromatic heterocycles. The topological polar surface area (TPSA) is 104 Å². The van der Waals surface area contributed by atoms with E-state index in [1.165, 1.54) is 116 Å². The Morgan fingerprint density at radius 1 is 0.192 bits per heavy atom. The summed E-state index contributed by atoms with van der Waals surface area (Å²) in [5.41, 5.74) is 21.6. The first-order valence-corrected chi connectivity index (χ1v) is 11.6. The van der Waals surface area contributed by atoms with Crippen LogP contribution in [0.15, 0.2) is 0 Å². The Kier molecular flexibility index (Phi) is 31.9. The van der Waals surface area contributed by atoms with Gasteiger partial charge in [0.1, 0.15) is 0 Å². The molecule has 0 heterocycles. The second-order valence-electron chi connectivity index (χ2n) is 7.52.